The Labute approximate surface area is 125 Å². The maximum Gasteiger partial charge on any atom is 0.233 e. The van der Waals surface area contributed by atoms with Gasteiger partial charge in [-0.15, -0.1) is 0 Å². The van der Waals surface area contributed by atoms with Crippen molar-refractivity contribution in [3.8, 4) is 0 Å². The molecule has 1 fully saturated rings. The van der Waals surface area contributed by atoms with Gasteiger partial charge in [-0.25, -0.2) is 0 Å². The number of amides is 1. The molecule has 0 radical (unpaired) electrons. The largest absolute Gasteiger partial charge is 0.392 e. The van der Waals surface area contributed by atoms with Crippen LogP contribution in [0.25, 0.3) is 0 Å². The van der Waals surface area contributed by atoms with Crippen molar-refractivity contribution in [2.24, 2.45) is 11.1 Å². The van der Waals surface area contributed by atoms with Gasteiger partial charge in [-0.05, 0) is 45.1 Å². The normalized spacial score (nSPS) is 16.5. The minimum atomic E-state index is -0.570. The number of benzene rings is 1. The highest BCUT2D eigenvalue weighted by atomic mass is 32.1. The highest BCUT2D eigenvalue weighted by Gasteiger charge is 2.53. The highest BCUT2D eigenvalue weighted by Crippen LogP contribution is 2.46. The van der Waals surface area contributed by atoms with E-state index in [9.17, 15) is 4.79 Å². The van der Waals surface area contributed by atoms with Crippen LogP contribution in [0.3, 0.4) is 0 Å². The van der Waals surface area contributed by atoms with E-state index in [4.69, 9.17) is 18.0 Å². The van der Waals surface area contributed by atoms with E-state index in [1.165, 1.54) is 5.56 Å². The quantitative estimate of drug-likeness (QED) is 0.792. The summed E-state index contributed by atoms with van der Waals surface area (Å²) in [5.74, 6) is -0.0111. The van der Waals surface area contributed by atoms with Crippen LogP contribution < -0.4 is 11.1 Å². The Balaban J connectivity index is 1.91. The minimum Gasteiger partial charge on any atom is -0.392 e. The smallest absolute Gasteiger partial charge is 0.233 e. The van der Waals surface area contributed by atoms with E-state index in [2.05, 4.69) is 17.4 Å². The number of rotatable bonds is 6. The molecule has 1 amide bonds. The fraction of sp³-hybridized carbons (Fsp3) is 0.500. The van der Waals surface area contributed by atoms with Gasteiger partial charge in [0.05, 0.1) is 10.4 Å². The van der Waals surface area contributed by atoms with Gasteiger partial charge in [-0.1, -0.05) is 42.5 Å². The molecule has 0 heterocycles. The van der Waals surface area contributed by atoms with Crippen LogP contribution in [0.1, 0.15) is 38.7 Å². The molecule has 1 saturated carbocycles. The highest BCUT2D eigenvalue weighted by molar-refractivity contribution is 7.80. The first-order valence-electron chi connectivity index (χ1n) is 7.02. The van der Waals surface area contributed by atoms with Crippen LogP contribution in [0.4, 0.5) is 0 Å². The van der Waals surface area contributed by atoms with Gasteiger partial charge in [0.1, 0.15) is 0 Å². The Kier molecular flexibility index (Phi) is 4.14. The molecule has 3 N–H and O–H groups in total. The number of aryl methyl sites for hydroxylation is 1. The van der Waals surface area contributed by atoms with Crippen molar-refractivity contribution in [2.45, 2.75) is 45.1 Å². The molecule has 1 aromatic carbocycles. The van der Waals surface area contributed by atoms with Crippen molar-refractivity contribution in [1.29, 1.82) is 0 Å². The fourth-order valence-electron chi connectivity index (χ4n) is 2.30. The maximum absolute atomic E-state index is 12.3. The Morgan fingerprint density at radius 1 is 1.35 bits per heavy atom. The van der Waals surface area contributed by atoms with Gasteiger partial charge >= 0.3 is 0 Å². The topological polar surface area (TPSA) is 55.1 Å². The summed E-state index contributed by atoms with van der Waals surface area (Å²) < 4.78 is 0. The second-order valence-electron chi connectivity index (χ2n) is 6.27. The summed E-state index contributed by atoms with van der Waals surface area (Å²) >= 11 is 5.02. The van der Waals surface area contributed by atoms with Gasteiger partial charge in [0.2, 0.25) is 5.91 Å². The summed E-state index contributed by atoms with van der Waals surface area (Å²) in [5.41, 5.74) is 6.14. The number of hydrogen-bond acceptors (Lipinski definition) is 2. The van der Waals surface area contributed by atoms with Crippen molar-refractivity contribution in [2.75, 3.05) is 0 Å². The van der Waals surface area contributed by atoms with Crippen molar-refractivity contribution < 1.29 is 4.79 Å². The molecule has 20 heavy (non-hydrogen) atoms. The van der Waals surface area contributed by atoms with Crippen molar-refractivity contribution in [3.05, 3.63) is 35.9 Å². The molecule has 2 rings (SSSR count). The standard InChI is InChI=1S/C16H22N2OS/c1-15(2,9-8-12-6-4-3-5-7-12)18-14(19)16(10-11-16)13(17)20/h3-7H,8-11H2,1-2H3,(H2,17,20)(H,18,19). The molecular weight excluding hydrogens is 268 g/mol. The average Bonchev–Trinajstić information content (AvgIpc) is 3.19. The summed E-state index contributed by atoms with van der Waals surface area (Å²) in [7, 11) is 0. The monoisotopic (exact) mass is 290 g/mol. The van der Waals surface area contributed by atoms with Crippen molar-refractivity contribution in [1.82, 2.24) is 5.32 Å². The molecule has 0 bridgehead atoms. The fourth-order valence-corrected chi connectivity index (χ4v) is 2.60. The van der Waals surface area contributed by atoms with Gasteiger partial charge < -0.3 is 11.1 Å². The van der Waals surface area contributed by atoms with Crippen molar-refractivity contribution in [3.63, 3.8) is 0 Å². The lowest BCUT2D eigenvalue weighted by molar-refractivity contribution is -0.125. The van der Waals surface area contributed by atoms with E-state index in [0.717, 1.165) is 25.7 Å². The first-order valence-corrected chi connectivity index (χ1v) is 7.43. The lowest BCUT2D eigenvalue weighted by Crippen LogP contribution is -2.49. The second-order valence-corrected chi connectivity index (χ2v) is 6.71. The van der Waals surface area contributed by atoms with E-state index in [-0.39, 0.29) is 11.4 Å². The van der Waals surface area contributed by atoms with Crippen molar-refractivity contribution >= 4 is 23.1 Å². The lowest BCUT2D eigenvalue weighted by Gasteiger charge is -2.28. The maximum atomic E-state index is 12.3. The summed E-state index contributed by atoms with van der Waals surface area (Å²) in [6, 6.07) is 10.3. The zero-order valence-electron chi connectivity index (χ0n) is 12.1. The number of carbonyl (C=O) groups is 1. The van der Waals surface area contributed by atoms with Crippen LogP contribution in [0.2, 0.25) is 0 Å². The first kappa shape index (κ1) is 15.0. The zero-order valence-corrected chi connectivity index (χ0v) is 12.9. The molecular formula is C16H22N2OS. The van der Waals surface area contributed by atoms with Crippen LogP contribution in [0.15, 0.2) is 30.3 Å². The van der Waals surface area contributed by atoms with Crippen LogP contribution in [0.5, 0.6) is 0 Å². The molecule has 1 aliphatic carbocycles. The lowest BCUT2D eigenvalue weighted by atomic mass is 9.93. The minimum absolute atomic E-state index is 0.0111. The van der Waals surface area contributed by atoms with E-state index in [0.29, 0.717) is 4.99 Å². The Hall–Kier alpha value is -1.42. The molecule has 1 aromatic rings. The average molecular weight is 290 g/mol. The molecule has 0 saturated heterocycles. The van der Waals surface area contributed by atoms with Gasteiger partial charge in [0.15, 0.2) is 0 Å². The third-order valence-corrected chi connectivity index (χ3v) is 4.38. The van der Waals surface area contributed by atoms with Gasteiger partial charge in [0, 0.05) is 5.54 Å². The third kappa shape index (κ3) is 3.37. The molecule has 1 aliphatic rings. The third-order valence-electron chi connectivity index (χ3n) is 3.99. The van der Waals surface area contributed by atoms with E-state index in [1.54, 1.807) is 0 Å². The molecule has 0 aromatic heterocycles. The predicted octanol–water partition coefficient (Wildman–Crippen LogP) is 2.58. The summed E-state index contributed by atoms with van der Waals surface area (Å²) in [6.45, 7) is 4.09. The Morgan fingerprint density at radius 3 is 2.45 bits per heavy atom. The number of hydrogen-bond donors (Lipinski definition) is 2. The molecule has 4 heteroatoms. The number of nitrogens with one attached hydrogen (secondary N) is 1. The molecule has 3 nitrogen and oxygen atoms in total. The number of nitrogens with two attached hydrogens (primary N) is 1. The second kappa shape index (κ2) is 5.52. The predicted molar refractivity (Wildman–Crippen MR) is 85.4 cm³/mol. The van der Waals surface area contributed by atoms with E-state index < -0.39 is 5.41 Å². The number of thiocarbonyl (C=S) groups is 1. The summed E-state index contributed by atoms with van der Waals surface area (Å²) in [6.07, 6.45) is 3.39. The Morgan fingerprint density at radius 2 is 1.95 bits per heavy atom. The molecule has 108 valence electrons. The van der Waals surface area contributed by atoms with Gasteiger partial charge in [-0.3, -0.25) is 4.79 Å². The summed E-state index contributed by atoms with van der Waals surface area (Å²) in [4.78, 5) is 12.6. The molecule has 0 atom stereocenters. The molecule has 0 unspecified atom stereocenters. The van der Waals surface area contributed by atoms with E-state index >= 15 is 0 Å². The molecule has 0 spiro atoms. The van der Waals surface area contributed by atoms with Crippen LogP contribution in [0, 0.1) is 5.41 Å². The number of carbonyl (C=O) groups excluding carboxylic acids is 1. The van der Waals surface area contributed by atoms with Crippen LogP contribution >= 0.6 is 12.2 Å². The first-order chi connectivity index (χ1) is 9.36. The van der Waals surface area contributed by atoms with Crippen LogP contribution in [-0.4, -0.2) is 16.4 Å². The van der Waals surface area contributed by atoms with Gasteiger partial charge in [-0.2, -0.15) is 0 Å². The van der Waals surface area contributed by atoms with E-state index in [1.807, 2.05) is 32.0 Å². The zero-order chi connectivity index (χ0) is 14.8. The summed E-state index contributed by atoms with van der Waals surface area (Å²) in [5, 5.41) is 3.10. The van der Waals surface area contributed by atoms with Crippen LogP contribution in [-0.2, 0) is 11.2 Å². The Bertz CT molecular complexity index is 506. The SMILES string of the molecule is CC(C)(CCc1ccccc1)NC(=O)C1(C(N)=S)CC1. The van der Waals surface area contributed by atoms with Gasteiger partial charge in [0.25, 0.3) is 0 Å². The molecule has 0 aliphatic heterocycles.